The number of hydrogen-bond acceptors (Lipinski definition) is 1. The lowest BCUT2D eigenvalue weighted by atomic mass is 10.1. The molecule has 0 aromatic heterocycles. The molecule has 0 atom stereocenters. The van der Waals surface area contributed by atoms with Gasteiger partial charge in [-0.2, -0.15) is 0 Å². The van der Waals surface area contributed by atoms with Gasteiger partial charge in [0.1, 0.15) is 0 Å². The standard InChI is InChI=1S/C13H17Br2NO/c1-10-5-6-12(15)11(9-10)13(17)16-8-4-2-3-7-14/h5-6,9H,2-4,7-8H2,1H3,(H,16,17). The fraction of sp³-hybridized carbons (Fsp3) is 0.462. The Morgan fingerprint density at radius 3 is 2.76 bits per heavy atom. The van der Waals surface area contributed by atoms with Crippen LogP contribution in [0.1, 0.15) is 35.2 Å². The minimum atomic E-state index is -0.000540. The lowest BCUT2D eigenvalue weighted by Crippen LogP contribution is -2.24. The van der Waals surface area contributed by atoms with Gasteiger partial charge >= 0.3 is 0 Å². The average molecular weight is 363 g/mol. The second kappa shape index (κ2) is 7.88. The van der Waals surface area contributed by atoms with Crippen LogP contribution in [0.5, 0.6) is 0 Å². The Bertz CT molecular complexity index is 380. The first-order valence-electron chi connectivity index (χ1n) is 5.75. The van der Waals surface area contributed by atoms with E-state index in [0.29, 0.717) is 5.56 Å². The number of rotatable bonds is 6. The van der Waals surface area contributed by atoms with Crippen LogP contribution in [0, 0.1) is 6.92 Å². The first-order valence-corrected chi connectivity index (χ1v) is 7.67. The van der Waals surface area contributed by atoms with Crippen molar-refractivity contribution in [2.24, 2.45) is 0 Å². The zero-order valence-corrected chi connectivity index (χ0v) is 13.1. The van der Waals surface area contributed by atoms with Crippen LogP contribution in [-0.2, 0) is 0 Å². The highest BCUT2D eigenvalue weighted by atomic mass is 79.9. The molecule has 0 saturated heterocycles. The van der Waals surface area contributed by atoms with E-state index in [9.17, 15) is 4.79 Å². The van der Waals surface area contributed by atoms with Crippen molar-refractivity contribution in [3.8, 4) is 0 Å². The third kappa shape index (κ3) is 5.21. The van der Waals surface area contributed by atoms with Crippen molar-refractivity contribution in [3.63, 3.8) is 0 Å². The summed E-state index contributed by atoms with van der Waals surface area (Å²) in [6.07, 6.45) is 3.32. The number of amides is 1. The van der Waals surface area contributed by atoms with Crippen molar-refractivity contribution >= 4 is 37.8 Å². The molecule has 1 amide bonds. The van der Waals surface area contributed by atoms with Crippen LogP contribution in [-0.4, -0.2) is 17.8 Å². The summed E-state index contributed by atoms with van der Waals surface area (Å²) in [6, 6.07) is 5.80. The monoisotopic (exact) mass is 361 g/mol. The third-order valence-corrected chi connectivity index (χ3v) is 3.71. The number of unbranched alkanes of at least 4 members (excludes halogenated alkanes) is 2. The summed E-state index contributed by atoms with van der Waals surface area (Å²) in [4.78, 5) is 11.9. The molecular formula is C13H17Br2NO. The fourth-order valence-electron chi connectivity index (χ4n) is 1.51. The Kier molecular flexibility index (Phi) is 6.82. The van der Waals surface area contributed by atoms with Gasteiger partial charge in [-0.25, -0.2) is 0 Å². The summed E-state index contributed by atoms with van der Waals surface area (Å²) in [7, 11) is 0. The van der Waals surface area contributed by atoms with E-state index >= 15 is 0 Å². The third-order valence-electron chi connectivity index (χ3n) is 2.46. The number of aryl methyl sites for hydroxylation is 1. The maximum absolute atomic E-state index is 11.9. The lowest BCUT2D eigenvalue weighted by molar-refractivity contribution is 0.0952. The predicted octanol–water partition coefficient (Wildman–Crippen LogP) is 4.05. The molecule has 0 unspecified atom stereocenters. The van der Waals surface area contributed by atoms with Gasteiger partial charge in [-0.3, -0.25) is 4.79 Å². The van der Waals surface area contributed by atoms with Crippen LogP contribution in [0.25, 0.3) is 0 Å². The highest BCUT2D eigenvalue weighted by Gasteiger charge is 2.08. The maximum atomic E-state index is 11.9. The molecular weight excluding hydrogens is 346 g/mol. The smallest absolute Gasteiger partial charge is 0.252 e. The van der Waals surface area contributed by atoms with Crippen LogP contribution in [0.2, 0.25) is 0 Å². The van der Waals surface area contributed by atoms with Gasteiger partial charge < -0.3 is 5.32 Å². The Morgan fingerprint density at radius 1 is 1.29 bits per heavy atom. The highest BCUT2D eigenvalue weighted by Crippen LogP contribution is 2.17. The van der Waals surface area contributed by atoms with Gasteiger partial charge in [0.2, 0.25) is 0 Å². The van der Waals surface area contributed by atoms with E-state index < -0.39 is 0 Å². The molecule has 4 heteroatoms. The van der Waals surface area contributed by atoms with Crippen LogP contribution in [0.4, 0.5) is 0 Å². The lowest BCUT2D eigenvalue weighted by Gasteiger charge is -2.07. The summed E-state index contributed by atoms with van der Waals surface area (Å²) in [6.45, 7) is 2.73. The Balaban J connectivity index is 2.44. The SMILES string of the molecule is Cc1ccc(Br)c(C(=O)NCCCCCBr)c1. The molecule has 0 aliphatic rings. The summed E-state index contributed by atoms with van der Waals surface area (Å²) < 4.78 is 0.848. The topological polar surface area (TPSA) is 29.1 Å². The molecule has 0 heterocycles. The number of carbonyl (C=O) groups excluding carboxylic acids is 1. The first-order chi connectivity index (χ1) is 8.15. The largest absolute Gasteiger partial charge is 0.352 e. The van der Waals surface area contributed by atoms with Crippen molar-refractivity contribution in [2.75, 3.05) is 11.9 Å². The summed E-state index contributed by atoms with van der Waals surface area (Å²) >= 11 is 6.79. The van der Waals surface area contributed by atoms with Crippen LogP contribution < -0.4 is 5.32 Å². The average Bonchev–Trinajstić information content (AvgIpc) is 2.32. The predicted molar refractivity (Wildman–Crippen MR) is 78.9 cm³/mol. The number of hydrogen-bond donors (Lipinski definition) is 1. The number of alkyl halides is 1. The normalized spacial score (nSPS) is 10.3. The molecule has 0 bridgehead atoms. The minimum absolute atomic E-state index is 0.000540. The summed E-state index contributed by atoms with van der Waals surface area (Å²) in [5, 5.41) is 3.97. The first kappa shape index (κ1) is 14.7. The zero-order chi connectivity index (χ0) is 12.7. The van der Waals surface area contributed by atoms with Gasteiger partial charge in [-0.05, 0) is 47.8 Å². The van der Waals surface area contributed by atoms with E-state index in [1.165, 1.54) is 0 Å². The quantitative estimate of drug-likeness (QED) is 0.600. The van der Waals surface area contributed by atoms with E-state index in [4.69, 9.17) is 0 Å². The van der Waals surface area contributed by atoms with Gasteiger partial charge in [0.05, 0.1) is 5.56 Å². The molecule has 1 aromatic rings. The molecule has 1 aromatic carbocycles. The van der Waals surface area contributed by atoms with E-state index in [2.05, 4.69) is 37.2 Å². The fourth-order valence-corrected chi connectivity index (χ4v) is 2.33. The van der Waals surface area contributed by atoms with Crippen LogP contribution in [0.15, 0.2) is 22.7 Å². The van der Waals surface area contributed by atoms with E-state index in [1.54, 1.807) is 0 Å². The molecule has 1 N–H and O–H groups in total. The molecule has 1 rings (SSSR count). The summed E-state index contributed by atoms with van der Waals surface area (Å²) in [5.74, 6) is -0.000540. The Labute approximate surface area is 119 Å². The molecule has 0 fully saturated rings. The zero-order valence-electron chi connectivity index (χ0n) is 9.93. The molecule has 0 saturated carbocycles. The van der Waals surface area contributed by atoms with Gasteiger partial charge in [0.25, 0.3) is 5.91 Å². The van der Waals surface area contributed by atoms with Gasteiger partial charge in [-0.1, -0.05) is 34.0 Å². The van der Waals surface area contributed by atoms with Crippen molar-refractivity contribution in [1.29, 1.82) is 0 Å². The molecule has 0 aliphatic carbocycles. The Hall–Kier alpha value is -0.350. The molecule has 94 valence electrons. The van der Waals surface area contributed by atoms with Crippen molar-refractivity contribution < 1.29 is 4.79 Å². The second-order valence-corrected chi connectivity index (χ2v) is 5.64. The number of benzene rings is 1. The maximum Gasteiger partial charge on any atom is 0.252 e. The summed E-state index contributed by atoms with van der Waals surface area (Å²) in [5.41, 5.74) is 1.81. The van der Waals surface area contributed by atoms with Gasteiger partial charge in [0, 0.05) is 16.3 Å². The van der Waals surface area contributed by atoms with Crippen molar-refractivity contribution in [1.82, 2.24) is 5.32 Å². The minimum Gasteiger partial charge on any atom is -0.352 e. The number of nitrogens with one attached hydrogen (secondary N) is 1. The van der Waals surface area contributed by atoms with Crippen molar-refractivity contribution in [2.45, 2.75) is 26.2 Å². The van der Waals surface area contributed by atoms with E-state index in [0.717, 1.165) is 41.2 Å². The Morgan fingerprint density at radius 2 is 2.06 bits per heavy atom. The van der Waals surface area contributed by atoms with Crippen LogP contribution >= 0.6 is 31.9 Å². The molecule has 0 aliphatic heterocycles. The van der Waals surface area contributed by atoms with Crippen LogP contribution in [0.3, 0.4) is 0 Å². The number of halogens is 2. The van der Waals surface area contributed by atoms with Crippen molar-refractivity contribution in [3.05, 3.63) is 33.8 Å². The van der Waals surface area contributed by atoms with Gasteiger partial charge in [0.15, 0.2) is 0 Å². The molecule has 17 heavy (non-hydrogen) atoms. The second-order valence-electron chi connectivity index (χ2n) is 3.99. The molecule has 0 radical (unpaired) electrons. The number of carbonyl (C=O) groups is 1. The molecule has 2 nitrogen and oxygen atoms in total. The molecule has 0 spiro atoms. The van der Waals surface area contributed by atoms with E-state index in [-0.39, 0.29) is 5.91 Å². The van der Waals surface area contributed by atoms with Gasteiger partial charge in [-0.15, -0.1) is 0 Å². The highest BCUT2D eigenvalue weighted by molar-refractivity contribution is 9.10. The van der Waals surface area contributed by atoms with E-state index in [1.807, 2.05) is 25.1 Å².